The van der Waals surface area contributed by atoms with E-state index in [1.807, 2.05) is 6.92 Å². The van der Waals surface area contributed by atoms with Gasteiger partial charge in [-0.2, -0.15) is 0 Å². The van der Waals surface area contributed by atoms with Crippen molar-refractivity contribution in [2.45, 2.75) is 20.3 Å². The zero-order chi connectivity index (χ0) is 13.9. The van der Waals surface area contributed by atoms with Crippen LogP contribution in [-0.4, -0.2) is 29.8 Å². The number of aliphatic carboxylic acids is 1. The zero-order valence-corrected chi connectivity index (χ0v) is 10.4. The molecular formula is C13H14O5. The molecule has 1 rings (SSSR count). The lowest BCUT2D eigenvalue weighted by atomic mass is 9.99. The van der Waals surface area contributed by atoms with Crippen LogP contribution in [0, 0.1) is 13.8 Å². The van der Waals surface area contributed by atoms with Crippen molar-refractivity contribution >= 4 is 17.5 Å². The van der Waals surface area contributed by atoms with Gasteiger partial charge in [0, 0.05) is 0 Å². The van der Waals surface area contributed by atoms with Crippen LogP contribution in [0.2, 0.25) is 0 Å². The molecule has 1 aromatic carbocycles. The van der Waals surface area contributed by atoms with E-state index in [-0.39, 0.29) is 11.3 Å². The molecule has 0 saturated carbocycles. The van der Waals surface area contributed by atoms with Gasteiger partial charge in [-0.15, -0.1) is 0 Å². The topological polar surface area (TPSA) is 80.7 Å². The van der Waals surface area contributed by atoms with Gasteiger partial charge in [0.1, 0.15) is 12.2 Å². The van der Waals surface area contributed by atoms with E-state index >= 15 is 0 Å². The minimum absolute atomic E-state index is 0.104. The number of benzene rings is 1. The number of carboxylic acids is 1. The van der Waals surface area contributed by atoms with Gasteiger partial charge in [-0.05, 0) is 37.1 Å². The molecule has 0 unspecified atom stereocenters. The van der Waals surface area contributed by atoms with Gasteiger partial charge < -0.3 is 9.84 Å². The molecule has 0 saturated heterocycles. The average Bonchev–Trinajstić information content (AvgIpc) is 2.30. The highest BCUT2D eigenvalue weighted by Crippen LogP contribution is 2.24. The number of hydrogen-bond donors (Lipinski definition) is 1. The van der Waals surface area contributed by atoms with Crippen molar-refractivity contribution < 1.29 is 24.2 Å². The number of carbonyl (C=O) groups excluding carboxylic acids is 2. The van der Waals surface area contributed by atoms with Gasteiger partial charge in [0.05, 0.1) is 12.7 Å². The summed E-state index contributed by atoms with van der Waals surface area (Å²) in [6, 6.07) is 3.19. The maximum Gasteiger partial charge on any atom is 0.311 e. The molecule has 0 radical (unpaired) electrons. The summed E-state index contributed by atoms with van der Waals surface area (Å²) in [5.41, 5.74) is 1.86. The predicted molar refractivity (Wildman–Crippen MR) is 64.1 cm³/mol. The van der Waals surface area contributed by atoms with E-state index in [9.17, 15) is 14.4 Å². The van der Waals surface area contributed by atoms with Crippen LogP contribution in [0.1, 0.15) is 27.9 Å². The van der Waals surface area contributed by atoms with Crippen LogP contribution in [0.15, 0.2) is 12.1 Å². The molecule has 18 heavy (non-hydrogen) atoms. The van der Waals surface area contributed by atoms with Crippen LogP contribution in [0.3, 0.4) is 0 Å². The number of Topliss-reactive ketones (excluding diaryl/α,β-unsaturated/α-hetero) is 2. The highest BCUT2D eigenvalue weighted by atomic mass is 16.5. The maximum absolute atomic E-state index is 11.8. The third-order valence-electron chi connectivity index (χ3n) is 2.63. The average molecular weight is 250 g/mol. The summed E-state index contributed by atoms with van der Waals surface area (Å²) in [7, 11) is 1.39. The van der Waals surface area contributed by atoms with Crippen LogP contribution in [0.4, 0.5) is 0 Å². The first-order valence-electron chi connectivity index (χ1n) is 5.31. The second kappa shape index (κ2) is 5.44. The number of methoxy groups -OCH3 is 1. The fourth-order valence-corrected chi connectivity index (χ4v) is 1.50. The second-order valence-corrected chi connectivity index (χ2v) is 3.96. The predicted octanol–water partition coefficient (Wildman–Crippen LogP) is 1.54. The maximum atomic E-state index is 11.8. The molecule has 0 spiro atoms. The largest absolute Gasteiger partial charge is 0.496 e. The third-order valence-corrected chi connectivity index (χ3v) is 2.63. The molecule has 5 heteroatoms. The van der Waals surface area contributed by atoms with Crippen LogP contribution < -0.4 is 4.74 Å². The molecule has 1 aromatic rings. The Morgan fingerprint density at radius 3 is 2.22 bits per heavy atom. The van der Waals surface area contributed by atoms with E-state index in [0.29, 0.717) is 0 Å². The molecule has 96 valence electrons. The Bertz CT molecular complexity index is 516. The van der Waals surface area contributed by atoms with Crippen LogP contribution in [-0.2, 0) is 9.59 Å². The second-order valence-electron chi connectivity index (χ2n) is 3.96. The Balaban J connectivity index is 3.16. The van der Waals surface area contributed by atoms with E-state index in [1.165, 1.54) is 13.2 Å². The Morgan fingerprint density at radius 1 is 1.17 bits per heavy atom. The lowest BCUT2D eigenvalue weighted by Gasteiger charge is -2.10. The smallest absolute Gasteiger partial charge is 0.311 e. The summed E-state index contributed by atoms with van der Waals surface area (Å²) in [6.07, 6.45) is -0.811. The molecule has 0 aliphatic carbocycles. The molecule has 0 atom stereocenters. The molecule has 0 amide bonds. The molecule has 0 heterocycles. The molecule has 0 aliphatic rings. The van der Waals surface area contributed by atoms with Gasteiger partial charge in [-0.1, -0.05) is 0 Å². The van der Waals surface area contributed by atoms with Gasteiger partial charge in [-0.25, -0.2) is 0 Å². The first kappa shape index (κ1) is 13.9. The Labute approximate surface area is 104 Å². The van der Waals surface area contributed by atoms with Crippen molar-refractivity contribution in [3.05, 3.63) is 28.8 Å². The zero-order valence-electron chi connectivity index (χ0n) is 10.4. The monoisotopic (exact) mass is 250 g/mol. The number of hydrogen-bond acceptors (Lipinski definition) is 4. The Morgan fingerprint density at radius 2 is 1.72 bits per heavy atom. The summed E-state index contributed by atoms with van der Waals surface area (Å²) in [4.78, 5) is 33.7. The van der Waals surface area contributed by atoms with Crippen molar-refractivity contribution in [1.29, 1.82) is 0 Å². The molecule has 5 nitrogen and oxygen atoms in total. The normalized spacial score (nSPS) is 9.94. The molecule has 0 aliphatic heterocycles. The van der Waals surface area contributed by atoms with E-state index in [1.54, 1.807) is 13.0 Å². The summed E-state index contributed by atoms with van der Waals surface area (Å²) >= 11 is 0. The van der Waals surface area contributed by atoms with Gasteiger partial charge in [-0.3, -0.25) is 14.4 Å². The fraction of sp³-hybridized carbons (Fsp3) is 0.308. The Kier molecular flexibility index (Phi) is 4.20. The summed E-state index contributed by atoms with van der Waals surface area (Å²) in [6.45, 7) is 3.65. The number of aryl methyl sites for hydroxylation is 2. The van der Waals surface area contributed by atoms with Crippen molar-refractivity contribution in [1.82, 2.24) is 0 Å². The third kappa shape index (κ3) is 2.94. The molecule has 0 aromatic heterocycles. The van der Waals surface area contributed by atoms with E-state index in [0.717, 1.165) is 11.1 Å². The van der Waals surface area contributed by atoms with Gasteiger partial charge >= 0.3 is 5.97 Å². The molecule has 0 bridgehead atoms. The summed E-state index contributed by atoms with van der Waals surface area (Å²) < 4.78 is 5.04. The number of ketones is 2. The molecule has 1 N–H and O–H groups in total. The fourth-order valence-electron chi connectivity index (χ4n) is 1.50. The van der Waals surface area contributed by atoms with E-state index in [2.05, 4.69) is 0 Å². The van der Waals surface area contributed by atoms with Crippen LogP contribution >= 0.6 is 0 Å². The number of rotatable bonds is 5. The van der Waals surface area contributed by atoms with Crippen molar-refractivity contribution in [3.8, 4) is 5.75 Å². The molecule has 0 fully saturated rings. The van der Waals surface area contributed by atoms with Crippen molar-refractivity contribution in [2.24, 2.45) is 0 Å². The lowest BCUT2D eigenvalue weighted by molar-refractivity contribution is -0.139. The number of carboxylic acid groups (broad SMARTS) is 1. The number of carbonyl (C=O) groups is 3. The van der Waals surface area contributed by atoms with Gasteiger partial charge in [0.15, 0.2) is 0 Å². The van der Waals surface area contributed by atoms with Gasteiger partial charge in [0.25, 0.3) is 0 Å². The molecular weight excluding hydrogens is 236 g/mol. The van der Waals surface area contributed by atoms with Crippen molar-refractivity contribution in [2.75, 3.05) is 7.11 Å². The quantitative estimate of drug-likeness (QED) is 0.487. The summed E-state index contributed by atoms with van der Waals surface area (Å²) in [5, 5.41) is 8.50. The summed E-state index contributed by atoms with van der Waals surface area (Å²) in [5.74, 6) is -2.83. The van der Waals surface area contributed by atoms with Crippen LogP contribution in [0.25, 0.3) is 0 Å². The van der Waals surface area contributed by atoms with Gasteiger partial charge in [0.2, 0.25) is 11.6 Å². The first-order valence-corrected chi connectivity index (χ1v) is 5.31. The first-order chi connectivity index (χ1) is 8.36. The van der Waals surface area contributed by atoms with E-state index < -0.39 is 24.0 Å². The van der Waals surface area contributed by atoms with Crippen LogP contribution in [0.5, 0.6) is 5.75 Å². The highest BCUT2D eigenvalue weighted by molar-refractivity contribution is 6.46. The Hall–Kier alpha value is -2.17. The highest BCUT2D eigenvalue weighted by Gasteiger charge is 2.23. The number of ether oxygens (including phenoxy) is 1. The lowest BCUT2D eigenvalue weighted by Crippen LogP contribution is -2.18. The van der Waals surface area contributed by atoms with Crippen molar-refractivity contribution in [3.63, 3.8) is 0 Å². The SMILES string of the molecule is COc1cc(C)c(C)cc1C(=O)C(=O)CC(=O)O. The standard InChI is InChI=1S/C13H14O5/c1-7-4-9(11(18-3)5-8(7)2)13(17)10(14)6-12(15)16/h4-5H,6H2,1-3H3,(H,15,16). The minimum atomic E-state index is -1.32. The minimum Gasteiger partial charge on any atom is -0.496 e. The van der Waals surface area contributed by atoms with E-state index in [4.69, 9.17) is 9.84 Å².